The van der Waals surface area contributed by atoms with Gasteiger partial charge in [0.2, 0.25) is 17.7 Å². The molecule has 0 unspecified atom stereocenters. The lowest BCUT2D eigenvalue weighted by Gasteiger charge is -2.17. The number of ether oxygens (including phenoxy) is 1. The summed E-state index contributed by atoms with van der Waals surface area (Å²) in [6, 6.07) is 11.6. The molecule has 0 aromatic heterocycles. The molecule has 0 spiro atoms. The first kappa shape index (κ1) is 18.8. The Morgan fingerprint density at radius 3 is 2.31 bits per heavy atom. The number of imide groups is 1. The number of carbonyl (C=O) groups is 4. The minimum atomic E-state index is -0.675. The molecule has 4 rings (SSSR count). The minimum Gasteiger partial charge on any atom is -0.426 e. The zero-order valence-corrected chi connectivity index (χ0v) is 15.3. The van der Waals surface area contributed by atoms with E-state index in [-0.39, 0.29) is 49.3 Å². The summed E-state index contributed by atoms with van der Waals surface area (Å²) in [5, 5.41) is 0. The standard InChI is InChI=1S/C21H17FN2O5/c22-14-4-6-15(7-5-14)23-12-13(10-20(23)27)21(28)29-17-3-1-2-16(11-17)24-18(25)8-9-19(24)26/h1-7,11,13H,8-10,12H2/t13-/m1/s1. The highest BCUT2D eigenvalue weighted by molar-refractivity contribution is 6.19. The van der Waals surface area contributed by atoms with E-state index in [9.17, 15) is 23.6 Å². The van der Waals surface area contributed by atoms with Gasteiger partial charge < -0.3 is 9.64 Å². The maximum Gasteiger partial charge on any atom is 0.316 e. The van der Waals surface area contributed by atoms with Crippen molar-refractivity contribution < 1.29 is 28.3 Å². The van der Waals surface area contributed by atoms with Gasteiger partial charge in [0, 0.05) is 37.6 Å². The lowest BCUT2D eigenvalue weighted by atomic mass is 10.1. The van der Waals surface area contributed by atoms with Gasteiger partial charge in [-0.1, -0.05) is 6.07 Å². The number of rotatable bonds is 4. The van der Waals surface area contributed by atoms with E-state index in [2.05, 4.69) is 0 Å². The lowest BCUT2D eigenvalue weighted by molar-refractivity contribution is -0.139. The summed E-state index contributed by atoms with van der Waals surface area (Å²) in [6.07, 6.45) is 0.303. The predicted molar refractivity (Wildman–Crippen MR) is 101 cm³/mol. The molecule has 2 heterocycles. The van der Waals surface area contributed by atoms with Gasteiger partial charge in [0.15, 0.2) is 0 Å². The third-order valence-electron chi connectivity index (χ3n) is 4.94. The zero-order chi connectivity index (χ0) is 20.5. The average Bonchev–Trinajstić information content (AvgIpc) is 3.25. The number of halogens is 1. The van der Waals surface area contributed by atoms with E-state index in [0.29, 0.717) is 11.4 Å². The summed E-state index contributed by atoms with van der Waals surface area (Å²) in [7, 11) is 0. The highest BCUT2D eigenvalue weighted by Crippen LogP contribution is 2.29. The van der Waals surface area contributed by atoms with Crippen molar-refractivity contribution in [3.05, 3.63) is 54.3 Å². The third kappa shape index (κ3) is 3.73. The van der Waals surface area contributed by atoms with Crippen LogP contribution in [0.25, 0.3) is 0 Å². The molecule has 0 saturated carbocycles. The van der Waals surface area contributed by atoms with Crippen molar-refractivity contribution in [3.8, 4) is 5.75 Å². The smallest absolute Gasteiger partial charge is 0.316 e. The molecular weight excluding hydrogens is 379 g/mol. The molecule has 2 aliphatic rings. The Balaban J connectivity index is 1.45. The van der Waals surface area contributed by atoms with Crippen LogP contribution in [0.4, 0.5) is 15.8 Å². The normalized spacial score (nSPS) is 19.2. The second-order valence-electron chi connectivity index (χ2n) is 6.92. The molecule has 7 nitrogen and oxygen atoms in total. The van der Waals surface area contributed by atoms with Crippen LogP contribution in [0.15, 0.2) is 48.5 Å². The van der Waals surface area contributed by atoms with E-state index in [1.165, 1.54) is 35.2 Å². The minimum absolute atomic E-state index is 0.0149. The fourth-order valence-electron chi connectivity index (χ4n) is 3.49. The van der Waals surface area contributed by atoms with Crippen LogP contribution in [0.1, 0.15) is 19.3 Å². The Morgan fingerprint density at radius 2 is 1.62 bits per heavy atom. The highest BCUT2D eigenvalue weighted by atomic mass is 19.1. The van der Waals surface area contributed by atoms with Crippen LogP contribution < -0.4 is 14.5 Å². The number of benzene rings is 2. The lowest BCUT2D eigenvalue weighted by Crippen LogP contribution is -2.29. The predicted octanol–water partition coefficient (Wildman–Crippen LogP) is 2.44. The summed E-state index contributed by atoms with van der Waals surface area (Å²) in [5.41, 5.74) is 0.859. The van der Waals surface area contributed by atoms with Crippen molar-refractivity contribution in [2.45, 2.75) is 19.3 Å². The molecular formula is C21H17FN2O5. The Labute approximate surface area is 165 Å². The maximum atomic E-state index is 13.1. The zero-order valence-electron chi connectivity index (χ0n) is 15.3. The van der Waals surface area contributed by atoms with E-state index in [0.717, 1.165) is 4.90 Å². The number of hydrogen-bond acceptors (Lipinski definition) is 5. The fourth-order valence-corrected chi connectivity index (χ4v) is 3.49. The van der Waals surface area contributed by atoms with Gasteiger partial charge in [-0.3, -0.25) is 24.1 Å². The van der Waals surface area contributed by atoms with Crippen LogP contribution in [0, 0.1) is 11.7 Å². The van der Waals surface area contributed by atoms with Gasteiger partial charge in [-0.25, -0.2) is 4.39 Å². The van der Waals surface area contributed by atoms with Crippen molar-refractivity contribution in [2.24, 2.45) is 5.92 Å². The van der Waals surface area contributed by atoms with E-state index in [4.69, 9.17) is 4.74 Å². The Morgan fingerprint density at radius 1 is 0.931 bits per heavy atom. The molecule has 148 valence electrons. The summed E-state index contributed by atoms with van der Waals surface area (Å²) >= 11 is 0. The molecule has 1 atom stereocenters. The van der Waals surface area contributed by atoms with Crippen molar-refractivity contribution in [1.82, 2.24) is 0 Å². The third-order valence-corrected chi connectivity index (χ3v) is 4.94. The molecule has 2 aromatic rings. The van der Waals surface area contributed by atoms with Crippen LogP contribution >= 0.6 is 0 Å². The van der Waals surface area contributed by atoms with Gasteiger partial charge in [-0.2, -0.15) is 0 Å². The molecule has 29 heavy (non-hydrogen) atoms. The Kier molecular flexibility index (Phi) is 4.84. The molecule has 0 bridgehead atoms. The molecule has 0 N–H and O–H groups in total. The highest BCUT2D eigenvalue weighted by Gasteiger charge is 2.36. The largest absolute Gasteiger partial charge is 0.426 e. The fraction of sp³-hybridized carbons (Fsp3) is 0.238. The van der Waals surface area contributed by atoms with Crippen LogP contribution in [0.2, 0.25) is 0 Å². The Bertz CT molecular complexity index is 988. The summed E-state index contributed by atoms with van der Waals surface area (Å²) in [4.78, 5) is 51.1. The van der Waals surface area contributed by atoms with Crippen molar-refractivity contribution >= 4 is 35.1 Å². The quantitative estimate of drug-likeness (QED) is 0.450. The molecule has 8 heteroatoms. The molecule has 3 amide bonds. The van der Waals surface area contributed by atoms with Crippen LogP contribution in [-0.4, -0.2) is 30.2 Å². The summed E-state index contributed by atoms with van der Waals surface area (Å²) in [5.74, 6) is -2.32. The van der Waals surface area contributed by atoms with Gasteiger partial charge in [-0.15, -0.1) is 0 Å². The monoisotopic (exact) mass is 396 g/mol. The summed E-state index contributed by atoms with van der Waals surface area (Å²) in [6.45, 7) is 0.131. The second-order valence-corrected chi connectivity index (χ2v) is 6.92. The van der Waals surface area contributed by atoms with Gasteiger partial charge in [0.05, 0.1) is 11.6 Å². The molecule has 0 radical (unpaired) electrons. The molecule has 2 aliphatic heterocycles. The SMILES string of the molecule is O=C(Oc1cccc(N2C(=O)CCC2=O)c1)[C@@H]1CC(=O)N(c2ccc(F)cc2)C1. The first-order valence-electron chi connectivity index (χ1n) is 9.16. The number of esters is 1. The van der Waals surface area contributed by atoms with Gasteiger partial charge >= 0.3 is 5.97 Å². The maximum absolute atomic E-state index is 13.1. The number of nitrogens with zero attached hydrogens (tertiary/aromatic N) is 2. The van der Waals surface area contributed by atoms with E-state index < -0.39 is 17.7 Å². The van der Waals surface area contributed by atoms with E-state index in [1.807, 2.05) is 0 Å². The van der Waals surface area contributed by atoms with Crippen molar-refractivity contribution in [2.75, 3.05) is 16.3 Å². The van der Waals surface area contributed by atoms with E-state index in [1.54, 1.807) is 18.2 Å². The topological polar surface area (TPSA) is 84.0 Å². The first-order valence-corrected chi connectivity index (χ1v) is 9.16. The second kappa shape index (κ2) is 7.46. The molecule has 2 aromatic carbocycles. The van der Waals surface area contributed by atoms with E-state index >= 15 is 0 Å². The number of anilines is 2. The molecule has 0 aliphatic carbocycles. The van der Waals surface area contributed by atoms with Gasteiger partial charge in [-0.05, 0) is 36.4 Å². The molecule has 2 saturated heterocycles. The number of amides is 3. The van der Waals surface area contributed by atoms with Crippen LogP contribution in [0.3, 0.4) is 0 Å². The average molecular weight is 396 g/mol. The van der Waals surface area contributed by atoms with Crippen molar-refractivity contribution in [3.63, 3.8) is 0 Å². The van der Waals surface area contributed by atoms with Crippen LogP contribution in [0.5, 0.6) is 5.75 Å². The summed E-state index contributed by atoms with van der Waals surface area (Å²) < 4.78 is 18.5. The van der Waals surface area contributed by atoms with Gasteiger partial charge in [0.25, 0.3) is 0 Å². The Hall–Kier alpha value is -3.55. The van der Waals surface area contributed by atoms with Crippen LogP contribution in [-0.2, 0) is 19.2 Å². The first-order chi connectivity index (χ1) is 13.9. The molecule has 2 fully saturated rings. The number of carbonyl (C=O) groups excluding carboxylic acids is 4. The van der Waals surface area contributed by atoms with Crippen molar-refractivity contribution in [1.29, 1.82) is 0 Å². The van der Waals surface area contributed by atoms with Gasteiger partial charge in [0.1, 0.15) is 11.6 Å². The number of hydrogen-bond donors (Lipinski definition) is 0.